The fourth-order valence-electron chi connectivity index (χ4n) is 12.3. The Morgan fingerprint density at radius 3 is 0.907 bits per heavy atom. The number of benzene rings is 12. The lowest BCUT2D eigenvalue weighted by molar-refractivity contribution is -0.284. The van der Waals surface area contributed by atoms with Crippen molar-refractivity contribution in [3.05, 3.63) is 364 Å². The Bertz CT molecular complexity index is 4880. The van der Waals surface area contributed by atoms with Crippen molar-refractivity contribution in [2.24, 2.45) is 0 Å². The zero-order chi connectivity index (χ0) is 73.8. The molecule has 2 aliphatic rings. The van der Waals surface area contributed by atoms with E-state index in [1.54, 1.807) is 0 Å². The summed E-state index contributed by atoms with van der Waals surface area (Å²) in [7, 11) is 0. The molecule has 0 radical (unpaired) electrons. The van der Waals surface area contributed by atoms with Crippen LogP contribution in [0.1, 0.15) is 81.1 Å². The van der Waals surface area contributed by atoms with E-state index in [0.29, 0.717) is 11.1 Å². The molecule has 18 heteroatoms. The van der Waals surface area contributed by atoms with E-state index >= 15 is 14.4 Å². The van der Waals surface area contributed by atoms with Crippen molar-refractivity contribution in [2.75, 3.05) is 6.61 Å². The summed E-state index contributed by atoms with van der Waals surface area (Å²) in [6, 6.07) is 90.0. The van der Waals surface area contributed by atoms with Gasteiger partial charge in [0.1, 0.15) is 78.3 Å². The topological polar surface area (TPSA) is 212 Å². The van der Waals surface area contributed by atoms with Gasteiger partial charge in [0.15, 0.2) is 46.7 Å². The van der Waals surface area contributed by atoms with Crippen molar-refractivity contribution in [1.82, 2.24) is 0 Å². The standard InChI is InChI=1S/C90H76O18/c91-79-76-59-105-88(94)70-48-74(98-52-62-32-14-3-15-33-62)82(101-55-65-38-20-6-21-39-65)84(103-57-67-42-24-8-25-43-67)77(70)78-71(49-75(99-53-63-34-16-4-17-35-63)83(102-56-66-40-22-7-23-41-66)85(78)104-58-68-44-26-9-27-45-68)89(95)107-86(79)80(92)90(106-76)108-87(93)69-46-72(96-50-60-28-10-1-11-29-60)81(100-54-64-36-18-5-19-37-64)73(47-69)97-51-61-30-12-2-13-31-61/h1-49,76,79-80,86,90-92H,50-59H2/t76-,79-,80-,86+,90+/m1/s1. The van der Waals surface area contributed by atoms with Gasteiger partial charge in [-0.1, -0.05) is 273 Å². The molecule has 544 valence electrons. The molecule has 2 aliphatic heterocycles. The van der Waals surface area contributed by atoms with Gasteiger partial charge in [0, 0.05) is 11.1 Å². The molecule has 12 aromatic rings. The normalized spacial score (nSPS) is 15.9. The van der Waals surface area contributed by atoms with Gasteiger partial charge in [-0.3, -0.25) is 0 Å². The second-order valence-corrected chi connectivity index (χ2v) is 25.6. The van der Waals surface area contributed by atoms with Crippen LogP contribution in [0.5, 0.6) is 51.7 Å². The lowest BCUT2D eigenvalue weighted by Crippen LogP contribution is -2.61. The number of aliphatic hydroxyl groups is 2. The largest absolute Gasteiger partial charge is 0.485 e. The number of carbonyl (C=O) groups excluding carboxylic acids is 3. The minimum Gasteiger partial charge on any atom is -0.485 e. The average molecular weight is 1450 g/mol. The number of rotatable bonds is 29. The number of aliphatic hydroxyl groups excluding tert-OH is 2. The monoisotopic (exact) mass is 1440 g/mol. The van der Waals surface area contributed by atoms with Gasteiger partial charge >= 0.3 is 17.9 Å². The molecule has 2 heterocycles. The van der Waals surface area contributed by atoms with Crippen molar-refractivity contribution in [2.45, 2.75) is 90.2 Å². The average Bonchev–Trinajstić information content (AvgIpc) is 0.733. The van der Waals surface area contributed by atoms with Gasteiger partial charge in [0.2, 0.25) is 23.5 Å². The van der Waals surface area contributed by atoms with E-state index in [2.05, 4.69) is 0 Å². The minimum atomic E-state index is -2.15. The van der Waals surface area contributed by atoms with Crippen molar-refractivity contribution >= 4 is 17.9 Å². The third-order valence-corrected chi connectivity index (χ3v) is 17.9. The van der Waals surface area contributed by atoms with Crippen LogP contribution in [-0.2, 0) is 78.4 Å². The highest BCUT2D eigenvalue weighted by Crippen LogP contribution is 2.56. The Hall–Kier alpha value is -12.9. The van der Waals surface area contributed by atoms with Crippen LogP contribution in [0, 0.1) is 0 Å². The first-order chi connectivity index (χ1) is 53.1. The van der Waals surface area contributed by atoms with E-state index < -0.39 is 55.2 Å². The molecular weight excluding hydrogens is 1370 g/mol. The van der Waals surface area contributed by atoms with Crippen molar-refractivity contribution in [3.63, 3.8) is 0 Å². The van der Waals surface area contributed by atoms with Crippen LogP contribution in [0.2, 0.25) is 0 Å². The minimum absolute atomic E-state index is 0.00338. The van der Waals surface area contributed by atoms with Crippen LogP contribution < -0.4 is 42.6 Å². The van der Waals surface area contributed by atoms with Gasteiger partial charge in [-0.25, -0.2) is 14.4 Å². The zero-order valence-corrected chi connectivity index (χ0v) is 58.7. The van der Waals surface area contributed by atoms with E-state index in [4.69, 9.17) is 61.6 Å². The van der Waals surface area contributed by atoms with Crippen LogP contribution in [-0.4, -0.2) is 65.4 Å². The maximum absolute atomic E-state index is 16.5. The molecule has 0 saturated carbocycles. The molecule has 0 amide bonds. The number of ether oxygens (including phenoxy) is 13. The summed E-state index contributed by atoms with van der Waals surface area (Å²) < 4.78 is 86.8. The van der Waals surface area contributed by atoms with Gasteiger partial charge in [0.25, 0.3) is 0 Å². The second kappa shape index (κ2) is 35.3. The number of hydrogen-bond donors (Lipinski definition) is 2. The van der Waals surface area contributed by atoms with E-state index in [9.17, 15) is 10.2 Å². The van der Waals surface area contributed by atoms with Gasteiger partial charge in [0.05, 0.1) is 16.7 Å². The second-order valence-electron chi connectivity index (χ2n) is 25.6. The first-order valence-corrected chi connectivity index (χ1v) is 35.3. The fourth-order valence-corrected chi connectivity index (χ4v) is 12.3. The zero-order valence-electron chi connectivity index (χ0n) is 58.7. The van der Waals surface area contributed by atoms with Crippen LogP contribution in [0.15, 0.2) is 297 Å². The third-order valence-electron chi connectivity index (χ3n) is 17.9. The van der Waals surface area contributed by atoms with Gasteiger partial charge in [-0.2, -0.15) is 0 Å². The van der Waals surface area contributed by atoms with Crippen molar-refractivity contribution < 1.29 is 86.2 Å². The predicted molar refractivity (Wildman–Crippen MR) is 401 cm³/mol. The molecular formula is C90H76O18. The van der Waals surface area contributed by atoms with Gasteiger partial charge in [-0.05, 0) is 74.3 Å². The first kappa shape index (κ1) is 72.1. The van der Waals surface area contributed by atoms with Crippen LogP contribution in [0.4, 0.5) is 0 Å². The van der Waals surface area contributed by atoms with E-state index in [1.165, 1.54) is 24.3 Å². The molecule has 0 aliphatic carbocycles. The molecule has 2 N–H and O–H groups in total. The van der Waals surface area contributed by atoms with E-state index in [-0.39, 0.29) is 139 Å². The molecule has 1 saturated heterocycles. The smallest absolute Gasteiger partial charge is 0.340 e. The van der Waals surface area contributed by atoms with Crippen molar-refractivity contribution in [1.29, 1.82) is 0 Å². The highest BCUT2D eigenvalue weighted by molar-refractivity contribution is 6.09. The number of hydrogen-bond acceptors (Lipinski definition) is 18. The van der Waals surface area contributed by atoms with E-state index in [0.717, 1.165) is 38.9 Å². The maximum atomic E-state index is 16.5. The molecule has 12 aromatic carbocycles. The summed E-state index contributed by atoms with van der Waals surface area (Å²) in [5.41, 5.74) is 5.76. The fraction of sp³-hybridized carbons (Fsp3) is 0.167. The Labute approximate surface area is 624 Å². The molecule has 5 atom stereocenters. The summed E-state index contributed by atoms with van der Waals surface area (Å²) in [6.07, 6.45) is -9.87. The summed E-state index contributed by atoms with van der Waals surface area (Å²) >= 11 is 0. The molecule has 2 bridgehead atoms. The Kier molecular flexibility index (Phi) is 23.5. The Morgan fingerprint density at radius 1 is 0.324 bits per heavy atom. The lowest BCUT2D eigenvalue weighted by Gasteiger charge is -2.41. The third kappa shape index (κ3) is 18.1. The molecule has 14 rings (SSSR count). The molecule has 108 heavy (non-hydrogen) atoms. The number of cyclic esters (lactones) is 1. The summed E-state index contributed by atoms with van der Waals surface area (Å²) in [6.45, 7) is -1.18. The summed E-state index contributed by atoms with van der Waals surface area (Å²) in [5, 5.41) is 25.4. The molecule has 0 unspecified atom stereocenters. The molecule has 0 aromatic heterocycles. The first-order valence-electron chi connectivity index (χ1n) is 35.3. The van der Waals surface area contributed by atoms with Crippen LogP contribution >= 0.6 is 0 Å². The quantitative estimate of drug-likeness (QED) is 0.0330. The Morgan fingerprint density at radius 2 is 0.593 bits per heavy atom. The van der Waals surface area contributed by atoms with Crippen molar-refractivity contribution in [3.8, 4) is 62.9 Å². The number of carbonyl (C=O) groups is 3. The van der Waals surface area contributed by atoms with E-state index in [1.807, 2.05) is 273 Å². The lowest BCUT2D eigenvalue weighted by atomic mass is 9.91. The molecule has 1 fully saturated rings. The number of esters is 3. The number of fused-ring (bicyclic) bond motifs is 5. The van der Waals surface area contributed by atoms with Crippen LogP contribution in [0.3, 0.4) is 0 Å². The molecule has 0 spiro atoms. The highest BCUT2D eigenvalue weighted by atomic mass is 16.7. The maximum Gasteiger partial charge on any atom is 0.340 e. The van der Waals surface area contributed by atoms with Gasteiger partial charge in [-0.15, -0.1) is 0 Å². The molecule has 18 nitrogen and oxygen atoms in total. The van der Waals surface area contributed by atoms with Crippen LogP contribution in [0.25, 0.3) is 11.1 Å². The summed E-state index contributed by atoms with van der Waals surface area (Å²) in [4.78, 5) is 47.8. The van der Waals surface area contributed by atoms with Gasteiger partial charge < -0.3 is 71.8 Å². The highest BCUT2D eigenvalue weighted by Gasteiger charge is 2.50. The SMILES string of the molecule is O=C(O[C@@H]1O[C@@H]2COC(=O)c3cc(OCc4ccccc4)c(OCc4ccccc4)c(OCc4ccccc4)c3-c3c(cc(OCc4ccccc4)c(OCc4ccccc4)c3OCc3ccccc3)C(=O)O[C@H]([C@H]1O)[C@@H]2O)c1cc(OCc2ccccc2)c(OCc2ccccc2)c(OCc2ccccc2)c1. The summed E-state index contributed by atoms with van der Waals surface area (Å²) in [5.74, 6) is -3.28. The predicted octanol–water partition coefficient (Wildman–Crippen LogP) is 16.6. The Balaban J connectivity index is 0.934.